The summed E-state index contributed by atoms with van der Waals surface area (Å²) < 4.78 is 5.33. The van der Waals surface area contributed by atoms with Crippen LogP contribution in [0, 0.1) is 0 Å². The highest BCUT2D eigenvalue weighted by atomic mass is 16.4. The summed E-state index contributed by atoms with van der Waals surface area (Å²) in [6.45, 7) is 4.07. The van der Waals surface area contributed by atoms with Crippen LogP contribution in [0.25, 0.3) is 0 Å². The van der Waals surface area contributed by atoms with Crippen molar-refractivity contribution in [1.82, 2.24) is 10.2 Å². The monoisotopic (exact) mass is 169 g/mol. The Hall–Kier alpha value is -0.900. The van der Waals surface area contributed by atoms with Crippen LogP contribution < -0.4 is 5.73 Å². The average molecular weight is 169 g/mol. The molecule has 2 N–H and O–H groups in total. The molecule has 12 heavy (non-hydrogen) atoms. The lowest BCUT2D eigenvalue weighted by molar-refractivity contribution is 0.411. The molecule has 0 radical (unpaired) electrons. The summed E-state index contributed by atoms with van der Waals surface area (Å²) in [5, 5.41) is 7.74. The lowest BCUT2D eigenvalue weighted by Crippen LogP contribution is -2.08. The number of nitrogens with two attached hydrogens (primary N) is 1. The second-order valence-electron chi connectivity index (χ2n) is 2.80. The molecule has 1 aromatic rings. The molecule has 68 valence electrons. The Morgan fingerprint density at radius 2 is 2.17 bits per heavy atom. The van der Waals surface area contributed by atoms with E-state index in [0.29, 0.717) is 11.8 Å². The van der Waals surface area contributed by atoms with Gasteiger partial charge in [-0.15, -0.1) is 10.2 Å². The van der Waals surface area contributed by atoms with Crippen molar-refractivity contribution < 1.29 is 4.42 Å². The Morgan fingerprint density at radius 1 is 1.42 bits per heavy atom. The number of nitrogens with zero attached hydrogens (tertiary/aromatic N) is 2. The van der Waals surface area contributed by atoms with Gasteiger partial charge in [0.2, 0.25) is 11.8 Å². The van der Waals surface area contributed by atoms with Gasteiger partial charge in [0.05, 0.1) is 6.04 Å². The van der Waals surface area contributed by atoms with Gasteiger partial charge in [0.25, 0.3) is 0 Å². The SMILES string of the molecule is CCCc1nnc(C(N)CC)o1. The first kappa shape index (κ1) is 9.19. The Kier molecular flexibility index (Phi) is 3.22. The van der Waals surface area contributed by atoms with E-state index in [1.54, 1.807) is 0 Å². The molecule has 0 saturated heterocycles. The highest BCUT2D eigenvalue weighted by Crippen LogP contribution is 2.12. The normalized spacial score (nSPS) is 13.2. The van der Waals surface area contributed by atoms with E-state index in [-0.39, 0.29) is 6.04 Å². The van der Waals surface area contributed by atoms with Gasteiger partial charge in [-0.3, -0.25) is 0 Å². The summed E-state index contributed by atoms with van der Waals surface area (Å²) in [7, 11) is 0. The van der Waals surface area contributed by atoms with Crippen molar-refractivity contribution in [1.29, 1.82) is 0 Å². The molecule has 0 aromatic carbocycles. The van der Waals surface area contributed by atoms with Gasteiger partial charge in [-0.1, -0.05) is 13.8 Å². The fourth-order valence-corrected chi connectivity index (χ4v) is 0.906. The molecule has 0 saturated carbocycles. The van der Waals surface area contributed by atoms with E-state index in [1.165, 1.54) is 0 Å². The predicted molar refractivity (Wildman–Crippen MR) is 45.5 cm³/mol. The minimum Gasteiger partial charge on any atom is -0.424 e. The van der Waals surface area contributed by atoms with Crippen molar-refractivity contribution in [2.45, 2.75) is 39.2 Å². The molecule has 0 bridgehead atoms. The van der Waals surface area contributed by atoms with Gasteiger partial charge in [-0.2, -0.15) is 0 Å². The maximum absolute atomic E-state index is 5.71. The molecule has 0 amide bonds. The molecule has 1 atom stereocenters. The fraction of sp³-hybridized carbons (Fsp3) is 0.750. The highest BCUT2D eigenvalue weighted by Gasteiger charge is 2.11. The van der Waals surface area contributed by atoms with E-state index in [9.17, 15) is 0 Å². The Labute approximate surface area is 72.2 Å². The average Bonchev–Trinajstić information content (AvgIpc) is 2.52. The molecule has 1 rings (SSSR count). The standard InChI is InChI=1S/C8H15N3O/c1-3-5-7-10-11-8(12-7)6(9)4-2/h6H,3-5,9H2,1-2H3. The molecule has 4 nitrogen and oxygen atoms in total. The third-order valence-electron chi connectivity index (χ3n) is 1.70. The minimum atomic E-state index is -0.108. The van der Waals surface area contributed by atoms with E-state index in [2.05, 4.69) is 17.1 Å². The van der Waals surface area contributed by atoms with Crippen LogP contribution in [0.4, 0.5) is 0 Å². The van der Waals surface area contributed by atoms with Crippen LogP contribution in [0.1, 0.15) is 44.5 Å². The van der Waals surface area contributed by atoms with Crippen molar-refractivity contribution >= 4 is 0 Å². The van der Waals surface area contributed by atoms with Gasteiger partial charge in [0.15, 0.2) is 0 Å². The molecule has 0 aliphatic rings. The molecular weight excluding hydrogens is 154 g/mol. The van der Waals surface area contributed by atoms with Crippen molar-refractivity contribution in [3.8, 4) is 0 Å². The van der Waals surface area contributed by atoms with E-state index in [1.807, 2.05) is 6.92 Å². The van der Waals surface area contributed by atoms with Gasteiger partial charge >= 0.3 is 0 Å². The van der Waals surface area contributed by atoms with E-state index in [4.69, 9.17) is 10.2 Å². The Balaban J connectivity index is 2.63. The van der Waals surface area contributed by atoms with Crippen LogP contribution in [0.5, 0.6) is 0 Å². The smallest absolute Gasteiger partial charge is 0.233 e. The first-order valence-corrected chi connectivity index (χ1v) is 4.35. The molecule has 0 aliphatic carbocycles. The molecule has 0 spiro atoms. The van der Waals surface area contributed by atoms with Crippen molar-refractivity contribution in [2.75, 3.05) is 0 Å². The van der Waals surface area contributed by atoms with Crippen molar-refractivity contribution in [2.24, 2.45) is 5.73 Å². The Bertz CT molecular complexity index is 234. The number of aryl methyl sites for hydroxylation is 1. The van der Waals surface area contributed by atoms with Crippen LogP contribution in [0.15, 0.2) is 4.42 Å². The van der Waals surface area contributed by atoms with Gasteiger partial charge in [-0.25, -0.2) is 0 Å². The van der Waals surface area contributed by atoms with Crippen molar-refractivity contribution in [3.63, 3.8) is 0 Å². The lowest BCUT2D eigenvalue weighted by atomic mass is 10.2. The topological polar surface area (TPSA) is 64.9 Å². The quantitative estimate of drug-likeness (QED) is 0.740. The number of hydrogen-bond donors (Lipinski definition) is 1. The summed E-state index contributed by atoms with van der Waals surface area (Å²) in [4.78, 5) is 0. The Morgan fingerprint density at radius 3 is 2.75 bits per heavy atom. The predicted octanol–water partition coefficient (Wildman–Crippen LogP) is 1.43. The van der Waals surface area contributed by atoms with Crippen LogP contribution in [0.2, 0.25) is 0 Å². The van der Waals surface area contributed by atoms with Gasteiger partial charge in [0, 0.05) is 6.42 Å². The summed E-state index contributed by atoms with van der Waals surface area (Å²) in [6, 6.07) is -0.108. The van der Waals surface area contributed by atoms with Gasteiger partial charge in [-0.05, 0) is 12.8 Å². The van der Waals surface area contributed by atoms with E-state index in [0.717, 1.165) is 19.3 Å². The summed E-state index contributed by atoms with van der Waals surface area (Å²) in [5.74, 6) is 1.25. The van der Waals surface area contributed by atoms with Crippen LogP contribution in [0.3, 0.4) is 0 Å². The number of aromatic nitrogens is 2. The molecule has 1 aromatic heterocycles. The number of hydrogen-bond acceptors (Lipinski definition) is 4. The second-order valence-corrected chi connectivity index (χ2v) is 2.80. The minimum absolute atomic E-state index is 0.108. The van der Waals surface area contributed by atoms with E-state index < -0.39 is 0 Å². The third-order valence-corrected chi connectivity index (χ3v) is 1.70. The van der Waals surface area contributed by atoms with Gasteiger partial charge in [0.1, 0.15) is 0 Å². The highest BCUT2D eigenvalue weighted by molar-refractivity contribution is 4.87. The second kappa shape index (κ2) is 4.21. The number of rotatable bonds is 4. The zero-order valence-corrected chi connectivity index (χ0v) is 7.58. The van der Waals surface area contributed by atoms with Gasteiger partial charge < -0.3 is 10.2 Å². The molecule has 1 unspecified atom stereocenters. The molecule has 4 heteroatoms. The third kappa shape index (κ3) is 2.04. The summed E-state index contributed by atoms with van der Waals surface area (Å²) >= 11 is 0. The van der Waals surface area contributed by atoms with E-state index >= 15 is 0 Å². The van der Waals surface area contributed by atoms with Crippen molar-refractivity contribution in [3.05, 3.63) is 11.8 Å². The maximum atomic E-state index is 5.71. The largest absolute Gasteiger partial charge is 0.424 e. The molecule has 1 heterocycles. The van der Waals surface area contributed by atoms with Crippen LogP contribution >= 0.6 is 0 Å². The molecular formula is C8H15N3O. The summed E-state index contributed by atoms with van der Waals surface area (Å²) in [5.41, 5.74) is 5.71. The first-order valence-electron chi connectivity index (χ1n) is 4.35. The first-order chi connectivity index (χ1) is 5.77. The summed E-state index contributed by atoms with van der Waals surface area (Å²) in [6.07, 6.45) is 2.68. The maximum Gasteiger partial charge on any atom is 0.233 e. The van der Waals surface area contributed by atoms with Crippen LogP contribution in [-0.4, -0.2) is 10.2 Å². The molecule has 0 fully saturated rings. The van der Waals surface area contributed by atoms with Crippen LogP contribution in [-0.2, 0) is 6.42 Å². The lowest BCUT2D eigenvalue weighted by Gasteiger charge is -1.99. The molecule has 0 aliphatic heterocycles. The zero-order valence-electron chi connectivity index (χ0n) is 7.58. The zero-order chi connectivity index (χ0) is 8.97. The fourth-order valence-electron chi connectivity index (χ4n) is 0.906.